The number of alkyl halides is 2. The van der Waals surface area contributed by atoms with Gasteiger partial charge >= 0.3 is 6.61 Å². The van der Waals surface area contributed by atoms with Crippen LogP contribution in [0.25, 0.3) is 0 Å². The van der Waals surface area contributed by atoms with E-state index in [4.69, 9.17) is 9.47 Å². The van der Waals surface area contributed by atoms with Crippen LogP contribution in [-0.4, -0.2) is 33.0 Å². The molecule has 25 heavy (non-hydrogen) atoms. The number of rotatable bonds is 7. The van der Waals surface area contributed by atoms with Gasteiger partial charge in [-0.05, 0) is 42.0 Å². The minimum absolute atomic E-state index is 0.0414. The lowest BCUT2D eigenvalue weighted by molar-refractivity contribution is -0.0498. The Balaban J connectivity index is 2.00. The summed E-state index contributed by atoms with van der Waals surface area (Å²) >= 11 is 0. The summed E-state index contributed by atoms with van der Waals surface area (Å²) in [6, 6.07) is 10.5. The quantitative estimate of drug-likeness (QED) is 0.615. The third-order valence-electron chi connectivity index (χ3n) is 3.10. The van der Waals surface area contributed by atoms with Crippen LogP contribution in [0.1, 0.15) is 15.9 Å². The number of methoxy groups -OCH3 is 2. The molecule has 2 aromatic carbocycles. The van der Waals surface area contributed by atoms with Gasteiger partial charge in [-0.15, -0.1) is 0 Å². The first kappa shape index (κ1) is 18.2. The lowest BCUT2D eigenvalue weighted by atomic mass is 10.2. The number of hydrogen-bond acceptors (Lipinski definition) is 5. The number of hydrogen-bond donors (Lipinski definition) is 1. The van der Waals surface area contributed by atoms with Gasteiger partial charge in [0.25, 0.3) is 5.91 Å². The number of nitrogens with one attached hydrogen (secondary N) is 1. The van der Waals surface area contributed by atoms with Gasteiger partial charge in [0, 0.05) is 11.6 Å². The SMILES string of the molecule is COc1cc(OC)cc(C(=O)N/N=C\c2ccc(OC(F)F)cc2)c1. The molecular formula is C17H16F2N2O4. The molecule has 8 heteroatoms. The van der Waals surface area contributed by atoms with E-state index in [1.165, 1.54) is 44.7 Å². The Bertz CT molecular complexity index is 727. The number of nitrogens with zero attached hydrogens (tertiary/aromatic N) is 1. The van der Waals surface area contributed by atoms with Crippen LogP contribution in [0.5, 0.6) is 17.2 Å². The van der Waals surface area contributed by atoms with Gasteiger partial charge in [0.1, 0.15) is 17.2 Å². The van der Waals surface area contributed by atoms with Gasteiger partial charge < -0.3 is 14.2 Å². The topological polar surface area (TPSA) is 69.2 Å². The molecule has 0 atom stereocenters. The van der Waals surface area contributed by atoms with Gasteiger partial charge in [-0.3, -0.25) is 4.79 Å². The van der Waals surface area contributed by atoms with Crippen LogP contribution in [0, 0.1) is 0 Å². The van der Waals surface area contributed by atoms with Gasteiger partial charge in [0.05, 0.1) is 20.4 Å². The number of benzene rings is 2. The van der Waals surface area contributed by atoms with Crippen LogP contribution in [0.4, 0.5) is 8.78 Å². The van der Waals surface area contributed by atoms with Crippen molar-refractivity contribution < 1.29 is 27.8 Å². The van der Waals surface area contributed by atoms with Gasteiger partial charge in [-0.1, -0.05) is 0 Å². The molecule has 0 radical (unpaired) electrons. The van der Waals surface area contributed by atoms with Crippen molar-refractivity contribution in [2.24, 2.45) is 5.10 Å². The van der Waals surface area contributed by atoms with Gasteiger partial charge in [-0.25, -0.2) is 5.43 Å². The van der Waals surface area contributed by atoms with Crippen LogP contribution in [-0.2, 0) is 0 Å². The number of halogens is 2. The van der Waals surface area contributed by atoms with E-state index in [1.807, 2.05) is 0 Å². The van der Waals surface area contributed by atoms with Crippen molar-refractivity contribution >= 4 is 12.1 Å². The fourth-order valence-corrected chi connectivity index (χ4v) is 1.90. The highest BCUT2D eigenvalue weighted by molar-refractivity contribution is 5.95. The molecular weight excluding hydrogens is 334 g/mol. The molecule has 0 saturated carbocycles. The van der Waals surface area contributed by atoms with Gasteiger partial charge in [0.2, 0.25) is 0 Å². The molecule has 0 aliphatic heterocycles. The fraction of sp³-hybridized carbons (Fsp3) is 0.176. The first-order valence-electron chi connectivity index (χ1n) is 7.13. The van der Waals surface area contributed by atoms with E-state index in [0.717, 1.165) is 0 Å². The second-order valence-corrected chi connectivity index (χ2v) is 4.75. The molecule has 2 aromatic rings. The van der Waals surface area contributed by atoms with Crippen molar-refractivity contribution in [3.05, 3.63) is 53.6 Å². The molecule has 0 aromatic heterocycles. The zero-order valence-corrected chi connectivity index (χ0v) is 13.5. The maximum Gasteiger partial charge on any atom is 0.387 e. The fourth-order valence-electron chi connectivity index (χ4n) is 1.90. The highest BCUT2D eigenvalue weighted by Crippen LogP contribution is 2.22. The number of hydrazone groups is 1. The van der Waals surface area contributed by atoms with Gasteiger partial charge in [0.15, 0.2) is 0 Å². The normalized spacial score (nSPS) is 10.8. The van der Waals surface area contributed by atoms with E-state index in [9.17, 15) is 13.6 Å². The molecule has 0 heterocycles. The molecule has 0 fully saturated rings. The lowest BCUT2D eigenvalue weighted by Gasteiger charge is -2.07. The number of carbonyl (C=O) groups excluding carboxylic acids is 1. The second kappa shape index (κ2) is 8.62. The molecule has 1 amide bonds. The first-order valence-corrected chi connectivity index (χ1v) is 7.13. The molecule has 0 unspecified atom stereocenters. The third kappa shape index (κ3) is 5.45. The van der Waals surface area contributed by atoms with Crippen molar-refractivity contribution in [1.82, 2.24) is 5.43 Å². The summed E-state index contributed by atoms with van der Waals surface area (Å²) in [6.07, 6.45) is 1.38. The van der Waals surface area contributed by atoms with E-state index in [-0.39, 0.29) is 5.75 Å². The standard InChI is InChI=1S/C17H16F2N2O4/c1-23-14-7-12(8-15(9-14)24-2)16(22)21-20-10-11-3-5-13(6-4-11)25-17(18)19/h3-10,17H,1-2H3,(H,21,22)/b20-10-. The maximum absolute atomic E-state index is 12.1. The second-order valence-electron chi connectivity index (χ2n) is 4.75. The Morgan fingerprint density at radius 1 is 1.04 bits per heavy atom. The summed E-state index contributed by atoms with van der Waals surface area (Å²) in [7, 11) is 2.96. The van der Waals surface area contributed by atoms with Crippen LogP contribution in [0.3, 0.4) is 0 Å². The largest absolute Gasteiger partial charge is 0.497 e. The average molecular weight is 350 g/mol. The van der Waals surface area contributed by atoms with Crippen LogP contribution < -0.4 is 19.6 Å². The van der Waals surface area contributed by atoms with Crippen molar-refractivity contribution in [1.29, 1.82) is 0 Å². The van der Waals surface area contributed by atoms with Crippen LogP contribution >= 0.6 is 0 Å². The summed E-state index contributed by atoms with van der Waals surface area (Å²) in [6.45, 7) is -2.88. The smallest absolute Gasteiger partial charge is 0.387 e. The Morgan fingerprint density at radius 2 is 1.64 bits per heavy atom. The minimum Gasteiger partial charge on any atom is -0.497 e. The lowest BCUT2D eigenvalue weighted by Crippen LogP contribution is -2.17. The van der Waals surface area contributed by atoms with E-state index in [0.29, 0.717) is 22.6 Å². The average Bonchev–Trinajstić information content (AvgIpc) is 2.62. The van der Waals surface area contributed by atoms with Crippen molar-refractivity contribution in [2.75, 3.05) is 14.2 Å². The summed E-state index contributed by atoms with van der Waals surface area (Å²) in [5, 5.41) is 3.82. The van der Waals surface area contributed by atoms with E-state index >= 15 is 0 Å². The molecule has 0 saturated heterocycles. The number of ether oxygens (including phenoxy) is 3. The molecule has 0 spiro atoms. The first-order chi connectivity index (χ1) is 12.0. The Hall–Kier alpha value is -3.16. The summed E-state index contributed by atoms with van der Waals surface area (Å²) < 4.78 is 38.6. The molecule has 6 nitrogen and oxygen atoms in total. The Kier molecular flexibility index (Phi) is 6.27. The van der Waals surface area contributed by atoms with E-state index in [1.54, 1.807) is 18.2 Å². The number of amides is 1. The molecule has 0 bridgehead atoms. The van der Waals surface area contributed by atoms with Crippen molar-refractivity contribution in [2.45, 2.75) is 6.61 Å². The zero-order chi connectivity index (χ0) is 18.2. The Labute approximate surface area is 143 Å². The van der Waals surface area contributed by atoms with Crippen LogP contribution in [0.2, 0.25) is 0 Å². The highest BCUT2D eigenvalue weighted by atomic mass is 19.3. The monoisotopic (exact) mass is 350 g/mol. The molecule has 2 rings (SSSR count). The van der Waals surface area contributed by atoms with Crippen molar-refractivity contribution in [3.63, 3.8) is 0 Å². The maximum atomic E-state index is 12.1. The molecule has 0 aliphatic carbocycles. The molecule has 0 aliphatic rings. The third-order valence-corrected chi connectivity index (χ3v) is 3.10. The summed E-state index contributed by atoms with van der Waals surface area (Å²) in [5.74, 6) is 0.539. The van der Waals surface area contributed by atoms with E-state index in [2.05, 4.69) is 15.3 Å². The minimum atomic E-state index is -2.88. The van der Waals surface area contributed by atoms with Crippen molar-refractivity contribution in [3.8, 4) is 17.2 Å². The summed E-state index contributed by atoms with van der Waals surface area (Å²) in [5.41, 5.74) is 3.28. The predicted octanol–water partition coefficient (Wildman–Crippen LogP) is 3.07. The van der Waals surface area contributed by atoms with Crippen LogP contribution in [0.15, 0.2) is 47.6 Å². The number of carbonyl (C=O) groups is 1. The predicted molar refractivity (Wildman–Crippen MR) is 87.7 cm³/mol. The van der Waals surface area contributed by atoms with E-state index < -0.39 is 12.5 Å². The summed E-state index contributed by atoms with van der Waals surface area (Å²) in [4.78, 5) is 12.1. The van der Waals surface area contributed by atoms with Gasteiger partial charge in [-0.2, -0.15) is 13.9 Å². The molecule has 1 N–H and O–H groups in total. The Morgan fingerprint density at radius 3 is 2.16 bits per heavy atom. The zero-order valence-electron chi connectivity index (χ0n) is 13.5. The highest BCUT2D eigenvalue weighted by Gasteiger charge is 2.09. The molecule has 132 valence electrons.